The molecule has 18 rings (SSSR count). The molecule has 384 valence electrons. The van der Waals surface area contributed by atoms with Crippen LogP contribution in [0.25, 0.3) is 144 Å². The Morgan fingerprint density at radius 3 is 0.988 bits per heavy atom. The molecule has 83 heavy (non-hydrogen) atoms. The van der Waals surface area contributed by atoms with Gasteiger partial charge in [-0.15, -0.1) is 0 Å². The molecule has 0 saturated carbocycles. The average molecular weight is 1060 g/mol. The first-order valence-electron chi connectivity index (χ1n) is 28.5. The van der Waals surface area contributed by atoms with Crippen LogP contribution in [0.2, 0.25) is 0 Å². The van der Waals surface area contributed by atoms with E-state index in [9.17, 15) is 0 Å². The van der Waals surface area contributed by atoms with Gasteiger partial charge in [-0.05, 0) is 120 Å². The van der Waals surface area contributed by atoms with Gasteiger partial charge in [0.25, 0.3) is 0 Å². The van der Waals surface area contributed by atoms with Crippen LogP contribution in [-0.2, 0) is 0 Å². The van der Waals surface area contributed by atoms with Crippen molar-refractivity contribution >= 4 is 110 Å². The summed E-state index contributed by atoms with van der Waals surface area (Å²) in [5.74, 6) is 1.76. The van der Waals surface area contributed by atoms with Gasteiger partial charge in [-0.3, -0.25) is 9.13 Å². The van der Waals surface area contributed by atoms with Crippen LogP contribution in [-0.4, -0.2) is 34.9 Å². The lowest BCUT2D eigenvalue weighted by Crippen LogP contribution is -2.48. The Morgan fingerprint density at radius 1 is 0.253 bits per heavy atom. The number of fused-ring (bicyclic) bond motifs is 17. The highest BCUT2D eigenvalue weighted by molar-refractivity contribution is 6.99. The lowest BCUT2D eigenvalue weighted by Gasteiger charge is -2.12. The molecule has 7 heteroatoms. The molecule has 0 amide bonds. The minimum absolute atomic E-state index is 0.0763. The SMILES string of the molecule is c1ccc(B2c3ccc(-c4cccc(-n5c6ccccc6c6c7c8ccccc8n(-c8ccccc8)c7ccc65)n4)cc3-c3cc(-c4cccc(-n5c6ccccc6c6c7c8ccccc8n(-c8ccccc8)c7ccc65)n4)ccc32)cc1. The molecule has 17 aromatic rings. The summed E-state index contributed by atoms with van der Waals surface area (Å²) in [5.41, 5.74) is 21.8. The van der Waals surface area contributed by atoms with E-state index in [-0.39, 0.29) is 6.71 Å². The Hall–Kier alpha value is -11.0. The van der Waals surface area contributed by atoms with Crippen molar-refractivity contribution < 1.29 is 0 Å². The predicted molar refractivity (Wildman–Crippen MR) is 347 cm³/mol. The molecule has 7 heterocycles. The zero-order valence-corrected chi connectivity index (χ0v) is 44.9. The van der Waals surface area contributed by atoms with Crippen molar-refractivity contribution in [3.63, 3.8) is 0 Å². The third kappa shape index (κ3) is 6.67. The largest absolute Gasteiger partial charge is 0.309 e. The Balaban J connectivity index is 0.773. The monoisotopic (exact) mass is 1050 g/mol. The summed E-state index contributed by atoms with van der Waals surface area (Å²) in [7, 11) is 0. The van der Waals surface area contributed by atoms with Crippen LogP contribution in [0.1, 0.15) is 0 Å². The topological polar surface area (TPSA) is 45.5 Å². The summed E-state index contributed by atoms with van der Waals surface area (Å²) in [6.07, 6.45) is 0. The van der Waals surface area contributed by atoms with Gasteiger partial charge < -0.3 is 9.13 Å². The fourth-order valence-electron chi connectivity index (χ4n) is 14.2. The molecule has 1 aliphatic heterocycles. The number of benzene rings is 11. The van der Waals surface area contributed by atoms with Crippen molar-refractivity contribution in [3.8, 4) is 56.7 Å². The van der Waals surface area contributed by atoms with Crippen molar-refractivity contribution in [2.24, 2.45) is 0 Å². The lowest BCUT2D eigenvalue weighted by molar-refractivity contribution is 1.08. The summed E-state index contributed by atoms with van der Waals surface area (Å²) in [6.45, 7) is 0.0763. The van der Waals surface area contributed by atoms with E-state index in [0.717, 1.165) is 67.6 Å². The molecule has 0 spiro atoms. The minimum atomic E-state index is 0.0763. The van der Waals surface area contributed by atoms with Gasteiger partial charge in [0.15, 0.2) is 0 Å². The highest BCUT2D eigenvalue weighted by Gasteiger charge is 2.34. The van der Waals surface area contributed by atoms with Crippen LogP contribution in [0.4, 0.5) is 0 Å². The van der Waals surface area contributed by atoms with Gasteiger partial charge in [0.1, 0.15) is 11.6 Å². The molecule has 6 nitrogen and oxygen atoms in total. The molecule has 0 radical (unpaired) electrons. The molecule has 0 saturated heterocycles. The van der Waals surface area contributed by atoms with Crippen LogP contribution < -0.4 is 16.4 Å². The summed E-state index contributed by atoms with van der Waals surface area (Å²) >= 11 is 0. The first kappa shape index (κ1) is 45.8. The Morgan fingerprint density at radius 2 is 0.590 bits per heavy atom. The fourth-order valence-corrected chi connectivity index (χ4v) is 14.2. The van der Waals surface area contributed by atoms with E-state index in [1.165, 1.54) is 92.7 Å². The number of aromatic nitrogens is 6. The van der Waals surface area contributed by atoms with E-state index >= 15 is 0 Å². The van der Waals surface area contributed by atoms with Crippen molar-refractivity contribution in [2.45, 2.75) is 0 Å². The molecule has 0 bridgehead atoms. The second-order valence-electron chi connectivity index (χ2n) is 22.0. The van der Waals surface area contributed by atoms with Crippen molar-refractivity contribution in [3.05, 3.63) is 285 Å². The van der Waals surface area contributed by atoms with Gasteiger partial charge in [-0.2, -0.15) is 0 Å². The number of para-hydroxylation sites is 6. The van der Waals surface area contributed by atoms with Crippen LogP contribution in [0.15, 0.2) is 285 Å². The number of pyridine rings is 2. The van der Waals surface area contributed by atoms with Crippen LogP contribution >= 0.6 is 0 Å². The molecule has 11 aromatic carbocycles. The van der Waals surface area contributed by atoms with Gasteiger partial charge in [0.05, 0.1) is 55.5 Å². The summed E-state index contributed by atoms with van der Waals surface area (Å²) in [4.78, 5) is 11.1. The van der Waals surface area contributed by atoms with Crippen LogP contribution in [0.3, 0.4) is 0 Å². The Kier molecular flexibility index (Phi) is 9.79. The molecule has 0 aliphatic carbocycles. The van der Waals surface area contributed by atoms with Crippen LogP contribution in [0, 0.1) is 0 Å². The third-order valence-corrected chi connectivity index (χ3v) is 17.6. The maximum atomic E-state index is 5.57. The molecule has 0 atom stereocenters. The van der Waals surface area contributed by atoms with Gasteiger partial charge in [0, 0.05) is 65.6 Å². The summed E-state index contributed by atoms with van der Waals surface area (Å²) < 4.78 is 9.51. The molecule has 1 aliphatic rings. The normalized spacial score (nSPS) is 12.3. The molecule has 0 fully saturated rings. The van der Waals surface area contributed by atoms with E-state index < -0.39 is 0 Å². The highest BCUT2D eigenvalue weighted by atomic mass is 15.1. The predicted octanol–water partition coefficient (Wildman–Crippen LogP) is 16.7. The van der Waals surface area contributed by atoms with E-state index in [1.807, 2.05) is 0 Å². The summed E-state index contributed by atoms with van der Waals surface area (Å²) in [5, 5.41) is 9.82. The fraction of sp³-hybridized carbons (Fsp3) is 0. The number of nitrogens with zero attached hydrogens (tertiary/aromatic N) is 6. The third-order valence-electron chi connectivity index (χ3n) is 17.6. The van der Waals surface area contributed by atoms with E-state index in [2.05, 4.69) is 303 Å². The second-order valence-corrected chi connectivity index (χ2v) is 22.0. The second kappa shape index (κ2) is 17.7. The quantitative estimate of drug-likeness (QED) is 0.149. The van der Waals surface area contributed by atoms with Gasteiger partial charge in [-0.1, -0.05) is 192 Å². The first-order valence-corrected chi connectivity index (χ1v) is 28.5. The maximum absolute atomic E-state index is 5.57. The Bertz CT molecular complexity index is 5190. The molecule has 0 N–H and O–H groups in total. The smallest absolute Gasteiger partial charge is 0.242 e. The number of hydrogen-bond donors (Lipinski definition) is 0. The van der Waals surface area contributed by atoms with Crippen molar-refractivity contribution in [2.75, 3.05) is 0 Å². The summed E-state index contributed by atoms with van der Waals surface area (Å²) in [6, 6.07) is 104. The standard InChI is InChI=1S/C76H47BN6/c1-4-20-50(21-5-1)77-59-40-38-48(61-30-18-36-71(78-61)82-65-34-16-12-28-55(65)75-69(82)44-42-67-73(75)53-26-10-14-32-63(53)80(67)51-22-6-2-7-23-51)46-57(59)58-47-49(39-41-60(58)77)62-31-19-37-72(79-62)83-66-35-17-13-29-56(66)76-70(83)45-43-68-74(76)54-27-11-15-33-64(54)81(68)52-24-8-3-9-25-52/h1-47H. The molecule has 6 aromatic heterocycles. The van der Waals surface area contributed by atoms with E-state index in [0.29, 0.717) is 0 Å². The van der Waals surface area contributed by atoms with Gasteiger partial charge >= 0.3 is 0 Å². The number of rotatable bonds is 7. The lowest BCUT2D eigenvalue weighted by atomic mass is 9.39. The van der Waals surface area contributed by atoms with Gasteiger partial charge in [-0.25, -0.2) is 9.97 Å². The van der Waals surface area contributed by atoms with Crippen molar-refractivity contribution in [1.29, 1.82) is 0 Å². The van der Waals surface area contributed by atoms with E-state index in [4.69, 9.17) is 9.97 Å². The number of hydrogen-bond acceptors (Lipinski definition) is 2. The minimum Gasteiger partial charge on any atom is -0.309 e. The Labute approximate surface area is 477 Å². The maximum Gasteiger partial charge on any atom is 0.242 e. The zero-order chi connectivity index (χ0) is 54.3. The molecule has 0 unspecified atom stereocenters. The highest BCUT2D eigenvalue weighted by Crippen LogP contribution is 2.45. The van der Waals surface area contributed by atoms with Crippen LogP contribution in [0.5, 0.6) is 0 Å². The van der Waals surface area contributed by atoms with Crippen molar-refractivity contribution in [1.82, 2.24) is 28.2 Å². The zero-order valence-electron chi connectivity index (χ0n) is 44.9. The molecular weight excluding hydrogens is 1010 g/mol. The van der Waals surface area contributed by atoms with E-state index in [1.54, 1.807) is 0 Å². The first-order chi connectivity index (χ1) is 41.2. The molecular formula is C76H47BN6. The average Bonchev–Trinajstić information content (AvgIpc) is 1.90. The van der Waals surface area contributed by atoms with Gasteiger partial charge in [0.2, 0.25) is 6.71 Å².